The highest BCUT2D eigenvalue weighted by Crippen LogP contribution is 2.57. The summed E-state index contributed by atoms with van der Waals surface area (Å²) in [7, 11) is 0. The third-order valence-corrected chi connectivity index (χ3v) is 6.34. The number of halogens is 1. The molecule has 1 spiro atoms. The molecule has 1 saturated carbocycles. The highest BCUT2D eigenvalue weighted by atomic mass is 35.5. The van der Waals surface area contributed by atoms with E-state index in [4.69, 9.17) is 11.6 Å². The van der Waals surface area contributed by atoms with Gasteiger partial charge in [-0.3, -0.25) is 25.0 Å². The molecule has 3 atom stereocenters. The number of carbonyl (C=O) groups excluding carboxylic acids is 4. The molecule has 0 radical (unpaired) electrons. The van der Waals surface area contributed by atoms with Gasteiger partial charge < -0.3 is 0 Å². The number of amides is 4. The molecule has 2 aromatic carbocycles. The summed E-state index contributed by atoms with van der Waals surface area (Å²) in [4.78, 5) is 51.5. The van der Waals surface area contributed by atoms with Gasteiger partial charge in [0, 0.05) is 29.2 Å². The molecule has 4 amide bonds. The number of Topliss-reactive ketones (excluding diaryl/α,β-unsaturated/α-hetero) is 1. The molecule has 148 valence electrons. The van der Waals surface area contributed by atoms with Crippen LogP contribution in [-0.2, 0) is 14.4 Å². The third kappa shape index (κ3) is 2.95. The Bertz CT molecular complexity index is 983. The molecule has 1 aliphatic carbocycles. The van der Waals surface area contributed by atoms with E-state index in [1.807, 2.05) is 6.07 Å². The van der Waals surface area contributed by atoms with Gasteiger partial charge in [0.15, 0.2) is 0 Å². The van der Waals surface area contributed by atoms with E-state index in [1.165, 1.54) is 0 Å². The van der Waals surface area contributed by atoms with E-state index in [1.54, 1.807) is 55.5 Å². The van der Waals surface area contributed by atoms with E-state index in [0.29, 0.717) is 16.1 Å². The highest BCUT2D eigenvalue weighted by Gasteiger charge is 2.65. The molecule has 1 saturated heterocycles. The quantitative estimate of drug-likeness (QED) is 0.744. The molecule has 0 bridgehead atoms. The molecular weight excluding hydrogens is 392 g/mol. The van der Waals surface area contributed by atoms with Crippen molar-refractivity contribution < 1.29 is 19.2 Å². The monoisotopic (exact) mass is 410 g/mol. The fraction of sp³-hybridized carbons (Fsp3) is 0.273. The highest BCUT2D eigenvalue weighted by molar-refractivity contribution is 6.30. The molecular formula is C22H19ClN2O4. The van der Waals surface area contributed by atoms with Crippen LogP contribution in [0.1, 0.15) is 36.3 Å². The van der Waals surface area contributed by atoms with Gasteiger partial charge >= 0.3 is 6.03 Å². The zero-order valence-electron chi connectivity index (χ0n) is 15.6. The first-order chi connectivity index (χ1) is 13.9. The summed E-state index contributed by atoms with van der Waals surface area (Å²) in [5.74, 6) is -3.44. The minimum Gasteiger partial charge on any atom is -0.299 e. The molecule has 2 aromatic rings. The summed E-state index contributed by atoms with van der Waals surface area (Å²) in [6.07, 6.45) is 0.0150. The van der Waals surface area contributed by atoms with Crippen LogP contribution in [0.25, 0.3) is 0 Å². The van der Waals surface area contributed by atoms with E-state index >= 15 is 0 Å². The van der Waals surface area contributed by atoms with Crippen LogP contribution in [0, 0.1) is 11.3 Å². The summed E-state index contributed by atoms with van der Waals surface area (Å²) < 4.78 is 0. The van der Waals surface area contributed by atoms with Gasteiger partial charge in [-0.25, -0.2) is 4.79 Å². The van der Waals surface area contributed by atoms with Crippen LogP contribution in [0.15, 0.2) is 54.6 Å². The number of benzene rings is 2. The molecule has 2 N–H and O–H groups in total. The van der Waals surface area contributed by atoms with Gasteiger partial charge in [0.2, 0.25) is 11.8 Å². The Morgan fingerprint density at radius 1 is 0.862 bits per heavy atom. The Kier molecular flexibility index (Phi) is 4.74. The second-order valence-electron chi connectivity index (χ2n) is 7.56. The summed E-state index contributed by atoms with van der Waals surface area (Å²) in [5.41, 5.74) is -0.293. The van der Waals surface area contributed by atoms with E-state index < -0.39 is 41.0 Å². The van der Waals surface area contributed by atoms with Crippen molar-refractivity contribution >= 4 is 35.2 Å². The Hall–Kier alpha value is -2.99. The van der Waals surface area contributed by atoms with Crippen LogP contribution >= 0.6 is 11.6 Å². The lowest BCUT2D eigenvalue weighted by Gasteiger charge is -2.50. The number of hydrogen-bond donors (Lipinski definition) is 2. The van der Waals surface area contributed by atoms with Crippen molar-refractivity contribution in [3.8, 4) is 0 Å². The van der Waals surface area contributed by atoms with Gasteiger partial charge in [-0.2, -0.15) is 0 Å². The third-order valence-electron chi connectivity index (χ3n) is 6.09. The summed E-state index contributed by atoms with van der Waals surface area (Å²) in [6, 6.07) is 14.9. The number of imide groups is 2. The van der Waals surface area contributed by atoms with Crippen molar-refractivity contribution in [1.29, 1.82) is 0 Å². The number of rotatable bonds is 2. The average molecular weight is 411 g/mol. The van der Waals surface area contributed by atoms with E-state index in [-0.39, 0.29) is 12.2 Å². The largest absolute Gasteiger partial charge is 0.328 e. The second kappa shape index (κ2) is 7.12. The molecule has 0 aromatic heterocycles. The first kappa shape index (κ1) is 19.3. The molecule has 2 aliphatic rings. The first-order valence-corrected chi connectivity index (χ1v) is 9.73. The Balaban J connectivity index is 1.98. The van der Waals surface area contributed by atoms with Gasteiger partial charge in [0.25, 0.3) is 0 Å². The Morgan fingerprint density at radius 3 is 2.03 bits per heavy atom. The van der Waals surface area contributed by atoms with E-state index in [9.17, 15) is 19.2 Å². The van der Waals surface area contributed by atoms with Crippen LogP contribution in [0.3, 0.4) is 0 Å². The lowest BCUT2D eigenvalue weighted by molar-refractivity contribution is -0.154. The maximum absolute atomic E-state index is 13.3. The Labute approximate surface area is 172 Å². The van der Waals surface area contributed by atoms with Crippen LogP contribution in [0.4, 0.5) is 4.79 Å². The summed E-state index contributed by atoms with van der Waals surface area (Å²) in [6.45, 7) is 1.73. The van der Waals surface area contributed by atoms with Crippen molar-refractivity contribution in [2.75, 3.05) is 0 Å². The standard InChI is InChI=1S/C22H19ClN2O4/c1-12-17(26)11-16(13-7-9-15(23)10-8-13)22(18(12)14-5-3-2-4-6-14)19(27)24-21(29)25-20(22)28/h2-10,12,16,18H,11H2,1H3,(H2,24,25,27,28,29). The summed E-state index contributed by atoms with van der Waals surface area (Å²) >= 11 is 6.01. The second-order valence-corrected chi connectivity index (χ2v) is 7.99. The smallest absolute Gasteiger partial charge is 0.299 e. The van der Waals surface area contributed by atoms with Crippen molar-refractivity contribution in [3.05, 3.63) is 70.7 Å². The average Bonchev–Trinajstić information content (AvgIpc) is 2.69. The predicted octanol–water partition coefficient (Wildman–Crippen LogP) is 3.17. The molecule has 6 nitrogen and oxygen atoms in total. The predicted molar refractivity (Wildman–Crippen MR) is 106 cm³/mol. The minimum absolute atomic E-state index is 0.0150. The number of carbonyl (C=O) groups is 4. The topological polar surface area (TPSA) is 92.3 Å². The van der Waals surface area contributed by atoms with Gasteiger partial charge in [0.05, 0.1) is 0 Å². The number of hydrogen-bond acceptors (Lipinski definition) is 4. The first-order valence-electron chi connectivity index (χ1n) is 9.35. The molecule has 1 aliphatic heterocycles. The van der Waals surface area contributed by atoms with Crippen LogP contribution in [-0.4, -0.2) is 23.6 Å². The summed E-state index contributed by atoms with van der Waals surface area (Å²) in [5, 5.41) is 5.04. The van der Waals surface area contributed by atoms with Crippen molar-refractivity contribution in [3.63, 3.8) is 0 Å². The normalized spacial score (nSPS) is 26.2. The van der Waals surface area contributed by atoms with Crippen molar-refractivity contribution in [2.45, 2.75) is 25.2 Å². The SMILES string of the molecule is CC1C(=O)CC(c2ccc(Cl)cc2)C2(C(=O)NC(=O)NC2=O)C1c1ccccc1. The maximum atomic E-state index is 13.3. The van der Waals surface area contributed by atoms with Crippen LogP contribution in [0.2, 0.25) is 5.02 Å². The van der Waals surface area contributed by atoms with Crippen molar-refractivity contribution in [1.82, 2.24) is 10.6 Å². The lowest BCUT2D eigenvalue weighted by atomic mass is 9.51. The van der Waals surface area contributed by atoms with Crippen LogP contribution < -0.4 is 10.6 Å². The van der Waals surface area contributed by atoms with Gasteiger partial charge in [0.1, 0.15) is 11.2 Å². The maximum Gasteiger partial charge on any atom is 0.328 e. The minimum atomic E-state index is -1.64. The molecule has 4 rings (SSSR count). The van der Waals surface area contributed by atoms with Crippen molar-refractivity contribution in [2.24, 2.45) is 11.3 Å². The number of nitrogens with one attached hydrogen (secondary N) is 2. The number of ketones is 1. The molecule has 3 unspecified atom stereocenters. The van der Waals surface area contributed by atoms with Gasteiger partial charge in [-0.15, -0.1) is 0 Å². The van der Waals surface area contributed by atoms with Gasteiger partial charge in [-0.1, -0.05) is 61.0 Å². The lowest BCUT2D eigenvalue weighted by Crippen LogP contribution is -2.68. The zero-order chi connectivity index (χ0) is 20.8. The number of urea groups is 1. The fourth-order valence-electron chi connectivity index (χ4n) is 4.78. The van der Waals surface area contributed by atoms with E-state index in [2.05, 4.69) is 10.6 Å². The van der Waals surface area contributed by atoms with E-state index in [0.717, 1.165) is 0 Å². The van der Waals surface area contributed by atoms with Crippen LogP contribution in [0.5, 0.6) is 0 Å². The molecule has 7 heteroatoms. The molecule has 29 heavy (non-hydrogen) atoms. The molecule has 1 heterocycles. The molecule has 2 fully saturated rings. The van der Waals surface area contributed by atoms with Gasteiger partial charge in [-0.05, 0) is 23.3 Å². The zero-order valence-corrected chi connectivity index (χ0v) is 16.4. The fourth-order valence-corrected chi connectivity index (χ4v) is 4.91. The number of barbiturate groups is 1. The Morgan fingerprint density at radius 2 is 1.45 bits per heavy atom.